The molecule has 15 nitrogen and oxygen atoms in total. The Kier molecular flexibility index (Phi) is 20.6. The third-order valence-electron chi connectivity index (χ3n) is 5.79. The van der Waals surface area contributed by atoms with Crippen LogP contribution in [0.1, 0.15) is 41.5 Å². The van der Waals surface area contributed by atoms with Crippen LogP contribution in [-0.2, 0) is 16.8 Å². The fraction of sp³-hybridized carbons (Fsp3) is 0.182. The number of nitro benzene ring substituents is 3. The molecule has 6 N–H and O–H groups in total. The van der Waals surface area contributed by atoms with Gasteiger partial charge in [0.25, 0.3) is 17.1 Å². The zero-order valence-corrected chi connectivity index (χ0v) is 32.0. The molecular weight excluding hydrogens is 786 g/mol. The largest absolute Gasteiger partial charge is 3.00 e. The van der Waals surface area contributed by atoms with Crippen LogP contribution in [0.3, 0.4) is 0 Å². The minimum absolute atomic E-state index is 0. The second-order valence-electron chi connectivity index (χ2n) is 9.98. The van der Waals surface area contributed by atoms with Crippen molar-refractivity contribution in [2.24, 2.45) is 0 Å². The van der Waals surface area contributed by atoms with Gasteiger partial charge in [-0.05, 0) is 18.2 Å². The molecule has 0 unspecified atom stereocenters. The third-order valence-corrected chi connectivity index (χ3v) is 9.87. The van der Waals surface area contributed by atoms with E-state index in [-0.39, 0.29) is 84.3 Å². The number of ketones is 6. The summed E-state index contributed by atoms with van der Waals surface area (Å²) in [5.41, 5.74) is -0.174. The predicted molar refractivity (Wildman–Crippen MR) is 202 cm³/mol. The Bertz CT molecular complexity index is 1590. The molecule has 3 aromatic carbocycles. The molecule has 52 heavy (non-hydrogen) atoms. The Morgan fingerprint density at radius 1 is 0.442 bits per heavy atom. The minimum Gasteiger partial charge on any atom is -0.315 e. The van der Waals surface area contributed by atoms with Crippen LogP contribution in [0.25, 0.3) is 0 Å². The Morgan fingerprint density at radius 2 is 0.615 bits per heavy atom. The molecule has 3 rings (SSSR count). The van der Waals surface area contributed by atoms with Crippen LogP contribution in [0.15, 0.2) is 87.5 Å². The first kappa shape index (κ1) is 47.0. The Labute approximate surface area is 321 Å². The third kappa shape index (κ3) is 15.1. The van der Waals surface area contributed by atoms with E-state index in [1.165, 1.54) is 59.7 Å². The molecule has 276 valence electrons. The number of nitrogens with zero attached hydrogens (tertiary/aromatic N) is 3. The molecule has 0 aliphatic heterocycles. The van der Waals surface area contributed by atoms with E-state index in [1.54, 1.807) is 54.6 Å². The summed E-state index contributed by atoms with van der Waals surface area (Å²) in [6, 6.07) is 18.5. The quantitative estimate of drug-likeness (QED) is 0.0379. The molecule has 0 heterocycles. The average molecular weight is 822 g/mol. The van der Waals surface area contributed by atoms with Crippen LogP contribution in [0.5, 0.6) is 0 Å². The van der Waals surface area contributed by atoms with Crippen molar-refractivity contribution in [1.82, 2.24) is 0 Å². The fourth-order valence-corrected chi connectivity index (χ4v) is 6.37. The van der Waals surface area contributed by atoms with Gasteiger partial charge in [-0.3, -0.25) is 65.6 Å². The van der Waals surface area contributed by atoms with E-state index in [0.29, 0.717) is 14.7 Å². The van der Waals surface area contributed by atoms with E-state index < -0.39 is 14.8 Å². The molecule has 0 saturated heterocycles. The van der Waals surface area contributed by atoms with Crippen molar-refractivity contribution in [3.63, 3.8) is 0 Å². The van der Waals surface area contributed by atoms with Gasteiger partial charge in [-0.15, -0.1) is 0 Å². The predicted octanol–water partition coefficient (Wildman–Crippen LogP) is 7.04. The van der Waals surface area contributed by atoms with Crippen LogP contribution in [0.4, 0.5) is 17.1 Å². The number of carbonyl (C=O) groups excluding carboxylic acids is 6. The minimum atomic E-state index is -0.501. The van der Waals surface area contributed by atoms with E-state index in [0.717, 1.165) is 35.3 Å². The summed E-state index contributed by atoms with van der Waals surface area (Å²) in [6.07, 6.45) is 0. The van der Waals surface area contributed by atoms with Crippen LogP contribution in [0.2, 0.25) is 0 Å². The first-order valence-electron chi connectivity index (χ1n) is 14.3. The molecule has 19 heteroatoms. The monoisotopic (exact) mass is 821 g/mol. The number of hydrogen-bond acceptors (Lipinski definition) is 9. The van der Waals surface area contributed by atoms with Gasteiger partial charge >= 0.3 is 16.8 Å². The summed E-state index contributed by atoms with van der Waals surface area (Å²) >= 11 is 2.88. The van der Waals surface area contributed by atoms with Crippen LogP contribution >= 0.6 is 35.3 Å². The molecule has 0 aromatic heterocycles. The maximum absolute atomic E-state index is 10.8. The van der Waals surface area contributed by atoms with Gasteiger partial charge in [0, 0.05) is 59.7 Å². The average Bonchev–Trinajstić information content (AvgIpc) is 3.05. The molecule has 0 spiro atoms. The first-order chi connectivity index (χ1) is 23.8. The normalized spacial score (nSPS) is 9.58. The van der Waals surface area contributed by atoms with Crippen LogP contribution < -0.4 is 0 Å². The smallest absolute Gasteiger partial charge is 0.315 e. The molecule has 3 aromatic rings. The Balaban J connectivity index is 0.000000743. The van der Waals surface area contributed by atoms with Crippen molar-refractivity contribution in [2.45, 2.75) is 56.2 Å². The molecule has 0 atom stereocenters. The van der Waals surface area contributed by atoms with E-state index >= 15 is 0 Å². The van der Waals surface area contributed by atoms with Crippen molar-refractivity contribution in [1.29, 1.82) is 0 Å². The second kappa shape index (κ2) is 22.8. The SMILES string of the molecule is CC(=[OH+])[C-](Sc1ccccc1[N+](=O)[O-])C(C)=[OH+].CC(=[OH+])[C-](Sc1ccccc1[N+](=O)[O-])C(C)=[OH+].CC(=[OH+])[C-](Sc1ccccc1[N+](=O)[O-])C(C)=[OH+].[Co+3]. The molecule has 0 amide bonds. The van der Waals surface area contributed by atoms with Crippen LogP contribution in [0, 0.1) is 46.1 Å². The number of hydrogen-bond donors (Lipinski definition) is 0. The van der Waals surface area contributed by atoms with Crippen molar-refractivity contribution in [3.05, 3.63) is 119 Å². The molecular formula is C33H36CoN3O12S3+6. The van der Waals surface area contributed by atoms with Crippen molar-refractivity contribution < 1.29 is 60.3 Å². The number of rotatable bonds is 15. The van der Waals surface area contributed by atoms with Gasteiger partial charge in [0.15, 0.2) is 34.7 Å². The summed E-state index contributed by atoms with van der Waals surface area (Å²) in [5.74, 6) is -0.455. The summed E-state index contributed by atoms with van der Waals surface area (Å²) in [4.78, 5) is 88.3. The summed E-state index contributed by atoms with van der Waals surface area (Å²) in [6.45, 7) is 8.48. The van der Waals surface area contributed by atoms with Crippen molar-refractivity contribution >= 4 is 87.0 Å². The second-order valence-corrected chi connectivity index (χ2v) is 13.1. The van der Waals surface area contributed by atoms with Gasteiger partial charge in [-0.2, -0.15) is 0 Å². The van der Waals surface area contributed by atoms with E-state index in [2.05, 4.69) is 0 Å². The summed E-state index contributed by atoms with van der Waals surface area (Å²) in [5, 5.41) is 33.0. The summed E-state index contributed by atoms with van der Waals surface area (Å²) < 4.78 is 0. The molecule has 0 radical (unpaired) electrons. The van der Waals surface area contributed by atoms with E-state index in [4.69, 9.17) is 0 Å². The maximum atomic E-state index is 10.8. The standard InChI is InChI=1S/3C11H10NO4S.Co/c3*1-7(13)11(8(2)14)17-10-6-4-3-5-9(10)12(15)16;/h3*3-6H,1-2H3;/q3*-1;+3/p+6. The van der Waals surface area contributed by atoms with Gasteiger partial charge in [-0.1, -0.05) is 52.1 Å². The topological polar surface area (TPSA) is 258 Å². The first-order valence-corrected chi connectivity index (χ1v) is 16.8. The molecule has 0 aliphatic rings. The van der Waals surface area contributed by atoms with Gasteiger partial charge < -0.3 is 28.8 Å². The molecule has 0 bridgehead atoms. The van der Waals surface area contributed by atoms with Gasteiger partial charge in [-0.25, -0.2) is 0 Å². The van der Waals surface area contributed by atoms with E-state index in [1.807, 2.05) is 0 Å². The Morgan fingerprint density at radius 3 is 0.769 bits per heavy atom. The van der Waals surface area contributed by atoms with Gasteiger partial charge in [0.05, 0.1) is 29.5 Å². The van der Waals surface area contributed by atoms with Gasteiger partial charge in [0.2, 0.25) is 0 Å². The zero-order chi connectivity index (χ0) is 39.0. The van der Waals surface area contributed by atoms with E-state index in [9.17, 15) is 59.1 Å². The van der Waals surface area contributed by atoms with Crippen LogP contribution in [-0.4, -0.2) is 78.2 Å². The number of benzene rings is 3. The maximum Gasteiger partial charge on any atom is 3.00 e. The summed E-state index contributed by atoms with van der Waals surface area (Å²) in [7, 11) is 0. The van der Waals surface area contributed by atoms with Gasteiger partial charge in [0.1, 0.15) is 0 Å². The fourth-order valence-electron chi connectivity index (χ4n) is 3.64. The van der Waals surface area contributed by atoms with Crippen molar-refractivity contribution in [3.8, 4) is 0 Å². The molecule has 0 fully saturated rings. The Hall–Kier alpha value is -4.95. The number of nitro groups is 3. The van der Waals surface area contributed by atoms with Crippen molar-refractivity contribution in [2.75, 3.05) is 0 Å². The molecule has 0 saturated carbocycles. The number of para-hydroxylation sites is 3. The zero-order valence-electron chi connectivity index (χ0n) is 28.5. The number of thioether (sulfide) groups is 3. The molecule has 0 aliphatic carbocycles.